The lowest BCUT2D eigenvalue weighted by atomic mass is 10.2. The minimum absolute atomic E-state index is 0.0538. The summed E-state index contributed by atoms with van der Waals surface area (Å²) in [6.07, 6.45) is 0. The summed E-state index contributed by atoms with van der Waals surface area (Å²) in [6, 6.07) is 19.7. The standard InChI is InChI=1S/C13H9OS/c14-13(11-7-3-1-4-8-11)15-12-9-5-2-6-10-12/h1-9H. The van der Waals surface area contributed by atoms with E-state index in [9.17, 15) is 4.79 Å². The lowest BCUT2D eigenvalue weighted by Crippen LogP contribution is -1.91. The van der Waals surface area contributed by atoms with Crippen LogP contribution in [0.2, 0.25) is 0 Å². The quantitative estimate of drug-likeness (QED) is 0.711. The van der Waals surface area contributed by atoms with E-state index in [-0.39, 0.29) is 5.12 Å². The van der Waals surface area contributed by atoms with Crippen LogP contribution in [0.15, 0.2) is 59.5 Å². The SMILES string of the molecule is O=C(Sc1[c]cccc1)c1ccccc1. The zero-order chi connectivity index (χ0) is 10.5. The molecule has 15 heavy (non-hydrogen) atoms. The van der Waals surface area contributed by atoms with Crippen molar-refractivity contribution in [3.63, 3.8) is 0 Å². The van der Waals surface area contributed by atoms with Crippen molar-refractivity contribution in [2.45, 2.75) is 4.90 Å². The molecule has 1 radical (unpaired) electrons. The summed E-state index contributed by atoms with van der Waals surface area (Å²) in [5.74, 6) is 0. The van der Waals surface area contributed by atoms with Gasteiger partial charge < -0.3 is 0 Å². The average molecular weight is 213 g/mol. The van der Waals surface area contributed by atoms with E-state index in [4.69, 9.17) is 0 Å². The molecule has 0 heterocycles. The maximum absolute atomic E-state index is 11.8. The van der Waals surface area contributed by atoms with Crippen LogP contribution in [-0.2, 0) is 0 Å². The molecule has 0 atom stereocenters. The molecule has 0 spiro atoms. The number of hydrogen-bond acceptors (Lipinski definition) is 2. The third-order valence-electron chi connectivity index (χ3n) is 1.89. The molecule has 0 aliphatic carbocycles. The Bertz CT molecular complexity index is 437. The normalized spacial score (nSPS) is 9.87. The molecule has 0 N–H and O–H groups in total. The fourth-order valence-corrected chi connectivity index (χ4v) is 1.90. The molecular formula is C13H9OS. The summed E-state index contributed by atoms with van der Waals surface area (Å²) < 4.78 is 0. The topological polar surface area (TPSA) is 17.1 Å². The van der Waals surface area contributed by atoms with Gasteiger partial charge in [0.15, 0.2) is 0 Å². The van der Waals surface area contributed by atoms with Crippen LogP contribution >= 0.6 is 11.8 Å². The molecular weight excluding hydrogens is 204 g/mol. The van der Waals surface area contributed by atoms with E-state index in [1.54, 1.807) is 6.07 Å². The highest BCUT2D eigenvalue weighted by molar-refractivity contribution is 8.14. The van der Waals surface area contributed by atoms with Crippen molar-refractivity contribution in [2.75, 3.05) is 0 Å². The number of hydrogen-bond donors (Lipinski definition) is 0. The molecule has 0 unspecified atom stereocenters. The Kier molecular flexibility index (Phi) is 3.20. The fraction of sp³-hybridized carbons (Fsp3) is 0. The highest BCUT2D eigenvalue weighted by atomic mass is 32.2. The van der Waals surface area contributed by atoms with Gasteiger partial charge in [-0.1, -0.05) is 48.5 Å². The van der Waals surface area contributed by atoms with Gasteiger partial charge in [-0.2, -0.15) is 0 Å². The van der Waals surface area contributed by atoms with Gasteiger partial charge in [0.1, 0.15) is 0 Å². The number of thioether (sulfide) groups is 1. The maximum Gasteiger partial charge on any atom is 0.224 e. The molecule has 73 valence electrons. The number of carbonyl (C=O) groups excluding carboxylic acids is 1. The molecule has 0 amide bonds. The Morgan fingerprint density at radius 1 is 1.00 bits per heavy atom. The second-order valence-electron chi connectivity index (χ2n) is 2.98. The molecule has 0 aromatic heterocycles. The molecule has 1 nitrogen and oxygen atoms in total. The van der Waals surface area contributed by atoms with E-state index >= 15 is 0 Å². The summed E-state index contributed by atoms with van der Waals surface area (Å²) in [6.45, 7) is 0. The summed E-state index contributed by atoms with van der Waals surface area (Å²) >= 11 is 1.20. The van der Waals surface area contributed by atoms with Crippen molar-refractivity contribution >= 4 is 16.9 Å². The van der Waals surface area contributed by atoms with Crippen molar-refractivity contribution in [2.24, 2.45) is 0 Å². The van der Waals surface area contributed by atoms with Gasteiger partial charge in [0, 0.05) is 10.5 Å². The van der Waals surface area contributed by atoms with Crippen LogP contribution in [-0.4, -0.2) is 5.12 Å². The predicted octanol–water partition coefficient (Wildman–Crippen LogP) is 3.42. The first-order valence-corrected chi connectivity index (χ1v) is 5.42. The van der Waals surface area contributed by atoms with Crippen LogP contribution in [0.4, 0.5) is 0 Å². The molecule has 0 aliphatic heterocycles. The van der Waals surface area contributed by atoms with Crippen LogP contribution in [0.5, 0.6) is 0 Å². The monoisotopic (exact) mass is 213 g/mol. The third-order valence-corrected chi connectivity index (χ3v) is 2.79. The van der Waals surface area contributed by atoms with E-state index in [2.05, 4.69) is 6.07 Å². The highest BCUT2D eigenvalue weighted by Crippen LogP contribution is 2.21. The Balaban J connectivity index is 2.12. The fourth-order valence-electron chi connectivity index (χ4n) is 1.17. The minimum atomic E-state index is 0.0538. The van der Waals surface area contributed by atoms with Gasteiger partial charge in [0.25, 0.3) is 0 Å². The molecule has 2 aromatic carbocycles. The van der Waals surface area contributed by atoms with E-state index in [0.717, 1.165) is 10.5 Å². The van der Waals surface area contributed by atoms with Crippen LogP contribution < -0.4 is 0 Å². The van der Waals surface area contributed by atoms with Crippen molar-refractivity contribution in [3.8, 4) is 0 Å². The van der Waals surface area contributed by atoms with Crippen molar-refractivity contribution in [1.29, 1.82) is 0 Å². The largest absolute Gasteiger partial charge is 0.281 e. The molecule has 2 aromatic rings. The predicted molar refractivity (Wildman–Crippen MR) is 61.9 cm³/mol. The smallest absolute Gasteiger partial charge is 0.224 e. The molecule has 0 saturated carbocycles. The Hall–Kier alpha value is -1.54. The van der Waals surface area contributed by atoms with Crippen LogP contribution in [0.25, 0.3) is 0 Å². The van der Waals surface area contributed by atoms with Crippen molar-refractivity contribution in [3.05, 3.63) is 66.2 Å². The lowest BCUT2D eigenvalue weighted by molar-refractivity contribution is 0.108. The van der Waals surface area contributed by atoms with E-state index < -0.39 is 0 Å². The molecule has 0 bridgehead atoms. The van der Waals surface area contributed by atoms with Gasteiger partial charge in [-0.05, 0) is 23.9 Å². The summed E-state index contributed by atoms with van der Waals surface area (Å²) in [4.78, 5) is 12.6. The van der Waals surface area contributed by atoms with Gasteiger partial charge in [-0.15, -0.1) is 0 Å². The first-order chi connectivity index (χ1) is 7.36. The van der Waals surface area contributed by atoms with Gasteiger partial charge in [-0.3, -0.25) is 4.79 Å². The number of benzene rings is 2. The summed E-state index contributed by atoms with van der Waals surface area (Å²) in [5, 5.41) is 0.0538. The zero-order valence-corrected chi connectivity index (χ0v) is 8.83. The van der Waals surface area contributed by atoms with Gasteiger partial charge in [-0.25, -0.2) is 0 Å². The molecule has 0 aliphatic rings. The summed E-state index contributed by atoms with van der Waals surface area (Å²) in [7, 11) is 0. The van der Waals surface area contributed by atoms with Crippen molar-refractivity contribution in [1.82, 2.24) is 0 Å². The zero-order valence-electron chi connectivity index (χ0n) is 8.01. The van der Waals surface area contributed by atoms with E-state index in [1.807, 2.05) is 48.5 Å². The van der Waals surface area contributed by atoms with Crippen LogP contribution in [0.3, 0.4) is 0 Å². The first kappa shape index (κ1) is 9.99. The first-order valence-electron chi connectivity index (χ1n) is 4.60. The van der Waals surface area contributed by atoms with Gasteiger partial charge in [0.2, 0.25) is 5.12 Å². The minimum Gasteiger partial charge on any atom is -0.281 e. The second kappa shape index (κ2) is 4.80. The maximum atomic E-state index is 11.8. The van der Waals surface area contributed by atoms with E-state index in [1.165, 1.54) is 11.8 Å². The molecule has 0 fully saturated rings. The number of carbonyl (C=O) groups is 1. The molecule has 0 saturated heterocycles. The third kappa shape index (κ3) is 2.70. The van der Waals surface area contributed by atoms with Crippen LogP contribution in [0, 0.1) is 6.07 Å². The molecule has 2 heteroatoms. The Morgan fingerprint density at radius 2 is 1.73 bits per heavy atom. The van der Waals surface area contributed by atoms with E-state index in [0.29, 0.717) is 0 Å². The number of rotatable bonds is 2. The average Bonchev–Trinajstić information content (AvgIpc) is 2.31. The molecule has 2 rings (SSSR count). The van der Waals surface area contributed by atoms with Gasteiger partial charge >= 0.3 is 0 Å². The van der Waals surface area contributed by atoms with Crippen LogP contribution in [0.1, 0.15) is 10.4 Å². The van der Waals surface area contributed by atoms with Gasteiger partial charge in [0.05, 0.1) is 0 Å². The Morgan fingerprint density at radius 3 is 2.40 bits per heavy atom. The second-order valence-corrected chi connectivity index (χ2v) is 4.00. The highest BCUT2D eigenvalue weighted by Gasteiger charge is 2.06. The Labute approximate surface area is 93.1 Å². The lowest BCUT2D eigenvalue weighted by Gasteiger charge is -1.99. The summed E-state index contributed by atoms with van der Waals surface area (Å²) in [5.41, 5.74) is 0.722. The van der Waals surface area contributed by atoms with Crippen molar-refractivity contribution < 1.29 is 4.79 Å².